The second kappa shape index (κ2) is 7.77. The molecule has 1 atom stereocenters. The van der Waals surface area contributed by atoms with Gasteiger partial charge in [-0.3, -0.25) is 4.79 Å². The number of nitrogens with zero attached hydrogens (tertiary/aromatic N) is 2. The molecule has 1 aromatic heterocycles. The van der Waals surface area contributed by atoms with Crippen molar-refractivity contribution in [1.29, 1.82) is 0 Å². The summed E-state index contributed by atoms with van der Waals surface area (Å²) in [6.45, 7) is 5.46. The molecule has 3 aromatic rings. The van der Waals surface area contributed by atoms with E-state index in [9.17, 15) is 4.79 Å². The maximum atomic E-state index is 12.8. The lowest BCUT2D eigenvalue weighted by atomic mass is 10.1. The van der Waals surface area contributed by atoms with Crippen LogP contribution in [0.15, 0.2) is 41.4 Å². The Hall–Kier alpha value is -2.64. The molecule has 0 aliphatic carbocycles. The lowest BCUT2D eigenvalue weighted by Crippen LogP contribution is -2.37. The Morgan fingerprint density at radius 1 is 1.29 bits per heavy atom. The highest BCUT2D eigenvalue weighted by Crippen LogP contribution is 2.31. The van der Waals surface area contributed by atoms with Gasteiger partial charge in [0.2, 0.25) is 6.10 Å². The first-order valence-electron chi connectivity index (χ1n) is 9.13. The van der Waals surface area contributed by atoms with Crippen LogP contribution in [0.4, 0.5) is 0 Å². The van der Waals surface area contributed by atoms with E-state index in [4.69, 9.17) is 14.2 Å². The van der Waals surface area contributed by atoms with E-state index >= 15 is 0 Å². The Morgan fingerprint density at radius 3 is 2.86 bits per heavy atom. The van der Waals surface area contributed by atoms with Crippen LogP contribution in [0.25, 0.3) is 10.2 Å². The number of carbonyl (C=O) groups excluding carboxylic acids is 1. The maximum Gasteiger partial charge on any atom is 0.292 e. The standard InChI is InChI=1S/C21H22N2O4S/c1-13-10-14(2)19-18(11-13)28-21(23(19)8-9-25-3)22-20(24)17-12-26-15-6-4-5-7-16(15)27-17/h4-7,10-11,17H,8-9,12H2,1-3H3. The number of benzene rings is 2. The number of hydrogen-bond donors (Lipinski definition) is 0. The van der Waals surface area contributed by atoms with Crippen LogP contribution in [0.5, 0.6) is 11.5 Å². The molecule has 2 heterocycles. The molecular weight excluding hydrogens is 376 g/mol. The fourth-order valence-electron chi connectivity index (χ4n) is 3.37. The van der Waals surface area contributed by atoms with Crippen LogP contribution in [0, 0.1) is 13.8 Å². The van der Waals surface area contributed by atoms with E-state index < -0.39 is 6.10 Å². The van der Waals surface area contributed by atoms with Crippen molar-refractivity contribution in [1.82, 2.24) is 4.57 Å². The summed E-state index contributed by atoms with van der Waals surface area (Å²) in [5.41, 5.74) is 3.43. The molecule has 146 valence electrons. The molecule has 4 rings (SSSR count). The normalized spacial score (nSPS) is 16.5. The van der Waals surface area contributed by atoms with Gasteiger partial charge in [0.25, 0.3) is 5.91 Å². The van der Waals surface area contributed by atoms with Gasteiger partial charge in [0.15, 0.2) is 16.3 Å². The van der Waals surface area contributed by atoms with Gasteiger partial charge in [-0.1, -0.05) is 29.5 Å². The average Bonchev–Trinajstić information content (AvgIpc) is 3.02. The number of hydrogen-bond acceptors (Lipinski definition) is 5. The van der Waals surface area contributed by atoms with Gasteiger partial charge < -0.3 is 18.8 Å². The Bertz CT molecular complexity index is 1100. The zero-order valence-electron chi connectivity index (χ0n) is 16.1. The third kappa shape index (κ3) is 3.55. The summed E-state index contributed by atoms with van der Waals surface area (Å²) in [5.74, 6) is 0.869. The van der Waals surface area contributed by atoms with Crippen molar-refractivity contribution in [2.75, 3.05) is 20.3 Å². The van der Waals surface area contributed by atoms with E-state index in [1.54, 1.807) is 13.2 Å². The van der Waals surface area contributed by atoms with E-state index in [1.807, 2.05) is 22.8 Å². The van der Waals surface area contributed by atoms with Crippen LogP contribution < -0.4 is 14.3 Å². The highest BCUT2D eigenvalue weighted by molar-refractivity contribution is 7.16. The number of thiazole rings is 1. The molecule has 0 fully saturated rings. The van der Waals surface area contributed by atoms with Gasteiger partial charge in [-0.15, -0.1) is 0 Å². The number of fused-ring (bicyclic) bond motifs is 2. The van der Waals surface area contributed by atoms with E-state index in [2.05, 4.69) is 31.0 Å². The summed E-state index contributed by atoms with van der Waals surface area (Å²) in [6, 6.07) is 11.6. The zero-order valence-corrected chi connectivity index (χ0v) is 16.9. The summed E-state index contributed by atoms with van der Waals surface area (Å²) in [7, 11) is 1.67. The molecule has 6 nitrogen and oxygen atoms in total. The van der Waals surface area contributed by atoms with Crippen LogP contribution >= 0.6 is 11.3 Å². The third-order valence-corrected chi connectivity index (χ3v) is 5.65. The number of aryl methyl sites for hydroxylation is 2. The minimum Gasteiger partial charge on any atom is -0.485 e. The van der Waals surface area contributed by atoms with Crippen molar-refractivity contribution in [2.24, 2.45) is 4.99 Å². The molecule has 1 aliphatic heterocycles. The summed E-state index contributed by atoms with van der Waals surface area (Å²) in [4.78, 5) is 17.9. The lowest BCUT2D eigenvalue weighted by Gasteiger charge is -2.23. The number of ether oxygens (including phenoxy) is 3. The van der Waals surface area contributed by atoms with Gasteiger partial charge in [-0.25, -0.2) is 0 Å². The first kappa shape index (κ1) is 18.7. The number of aromatic nitrogens is 1. The topological polar surface area (TPSA) is 62.1 Å². The Morgan fingerprint density at radius 2 is 2.07 bits per heavy atom. The molecular formula is C21H22N2O4S. The van der Waals surface area contributed by atoms with Crippen LogP contribution in [-0.2, 0) is 16.1 Å². The van der Waals surface area contributed by atoms with Gasteiger partial charge in [-0.05, 0) is 43.2 Å². The zero-order chi connectivity index (χ0) is 19.7. The highest BCUT2D eigenvalue weighted by Gasteiger charge is 2.27. The molecule has 0 N–H and O–H groups in total. The van der Waals surface area contributed by atoms with Crippen molar-refractivity contribution in [3.63, 3.8) is 0 Å². The Labute approximate surface area is 167 Å². The number of amides is 1. The first-order valence-corrected chi connectivity index (χ1v) is 9.95. The van der Waals surface area contributed by atoms with Gasteiger partial charge in [0.1, 0.15) is 6.61 Å². The number of rotatable bonds is 4. The van der Waals surface area contributed by atoms with Gasteiger partial charge in [0, 0.05) is 13.7 Å². The summed E-state index contributed by atoms with van der Waals surface area (Å²) < 4.78 is 19.9. The first-order chi connectivity index (χ1) is 13.6. The van der Waals surface area contributed by atoms with Crippen molar-refractivity contribution < 1.29 is 19.0 Å². The van der Waals surface area contributed by atoms with E-state index in [-0.39, 0.29) is 12.5 Å². The van der Waals surface area contributed by atoms with Crippen LogP contribution in [0.3, 0.4) is 0 Å². The Balaban J connectivity index is 1.72. The molecule has 7 heteroatoms. The van der Waals surface area contributed by atoms with E-state index in [0.29, 0.717) is 29.5 Å². The minimum atomic E-state index is -0.751. The third-order valence-electron chi connectivity index (χ3n) is 4.62. The Kier molecular flexibility index (Phi) is 5.19. The number of carbonyl (C=O) groups is 1. The summed E-state index contributed by atoms with van der Waals surface area (Å²) >= 11 is 1.50. The summed E-state index contributed by atoms with van der Waals surface area (Å²) in [6.07, 6.45) is -0.751. The molecule has 0 saturated heterocycles. The van der Waals surface area contributed by atoms with E-state index in [1.165, 1.54) is 16.9 Å². The molecule has 0 spiro atoms. The predicted molar refractivity (Wildman–Crippen MR) is 108 cm³/mol. The van der Waals surface area contributed by atoms with Gasteiger partial charge in [0.05, 0.1) is 16.8 Å². The fraction of sp³-hybridized carbons (Fsp3) is 0.333. The largest absolute Gasteiger partial charge is 0.485 e. The molecule has 1 aliphatic rings. The molecule has 28 heavy (non-hydrogen) atoms. The van der Waals surface area contributed by atoms with Gasteiger partial charge >= 0.3 is 0 Å². The predicted octanol–water partition coefficient (Wildman–Crippen LogP) is 3.23. The summed E-state index contributed by atoms with van der Waals surface area (Å²) in [5, 5.41) is 0. The molecule has 1 unspecified atom stereocenters. The van der Waals surface area contributed by atoms with Crippen molar-refractivity contribution in [3.05, 3.63) is 52.3 Å². The fourth-order valence-corrected chi connectivity index (χ4v) is 4.61. The van der Waals surface area contributed by atoms with Crippen molar-refractivity contribution >= 4 is 27.5 Å². The van der Waals surface area contributed by atoms with E-state index in [0.717, 1.165) is 15.8 Å². The smallest absolute Gasteiger partial charge is 0.292 e. The minimum absolute atomic E-state index is 0.153. The van der Waals surface area contributed by atoms with Crippen molar-refractivity contribution in [3.8, 4) is 11.5 Å². The molecule has 2 aromatic carbocycles. The second-order valence-corrected chi connectivity index (χ2v) is 7.78. The molecule has 0 bridgehead atoms. The van der Waals surface area contributed by atoms with Crippen LogP contribution in [-0.4, -0.2) is 36.9 Å². The highest BCUT2D eigenvalue weighted by atomic mass is 32.1. The monoisotopic (exact) mass is 398 g/mol. The van der Waals surface area contributed by atoms with Crippen LogP contribution in [0.1, 0.15) is 11.1 Å². The lowest BCUT2D eigenvalue weighted by molar-refractivity contribution is -0.127. The van der Waals surface area contributed by atoms with Crippen molar-refractivity contribution in [2.45, 2.75) is 26.5 Å². The maximum absolute atomic E-state index is 12.8. The number of para-hydroxylation sites is 2. The molecule has 1 amide bonds. The quantitative estimate of drug-likeness (QED) is 0.677. The average molecular weight is 398 g/mol. The van der Waals surface area contributed by atoms with Crippen LogP contribution in [0.2, 0.25) is 0 Å². The SMILES string of the molecule is COCCn1c(=NC(=O)C2COc3ccccc3O2)sc2cc(C)cc(C)c21. The number of methoxy groups -OCH3 is 1. The molecule has 0 saturated carbocycles. The van der Waals surface area contributed by atoms with Gasteiger partial charge in [-0.2, -0.15) is 4.99 Å². The second-order valence-electron chi connectivity index (χ2n) is 6.77. The molecule has 0 radical (unpaired) electrons.